The van der Waals surface area contributed by atoms with Gasteiger partial charge >= 0.3 is 41.9 Å². The van der Waals surface area contributed by atoms with Crippen LogP contribution >= 0.6 is 24.8 Å². The molecule has 1 nitrogen and oxygen atoms in total. The van der Waals surface area contributed by atoms with Crippen molar-refractivity contribution in [1.29, 1.82) is 0 Å². The van der Waals surface area contributed by atoms with Gasteiger partial charge in [-0.2, -0.15) is 0 Å². The van der Waals surface area contributed by atoms with E-state index in [0.717, 1.165) is 0 Å². The predicted octanol–water partition coefficient (Wildman–Crippen LogP) is -0.803. The van der Waals surface area contributed by atoms with Crippen LogP contribution in [0.5, 0.6) is 0 Å². The van der Waals surface area contributed by atoms with E-state index < -0.39 is 0 Å². The Morgan fingerprint density at radius 3 is 1.09 bits per heavy atom. The van der Waals surface area contributed by atoms with Crippen LogP contribution in [0.2, 0.25) is 0 Å². The zero-order valence-corrected chi connectivity index (χ0v) is 11.2. The fourth-order valence-corrected chi connectivity index (χ4v) is 0.667. The van der Waals surface area contributed by atoms with Gasteiger partial charge in [0.15, 0.2) is 0 Å². The van der Waals surface area contributed by atoms with E-state index in [4.69, 9.17) is 0 Å². The minimum absolute atomic E-state index is 0. The minimum atomic E-state index is 0. The van der Waals surface area contributed by atoms with Gasteiger partial charge in [-0.1, -0.05) is 27.7 Å². The van der Waals surface area contributed by atoms with Crippen LogP contribution in [-0.2, 0) is 0 Å². The third-order valence-electron chi connectivity index (χ3n) is 0.667. The second kappa shape index (κ2) is 17.9. The molecule has 0 rings (SSSR count). The Labute approximate surface area is 115 Å². The Bertz CT molecular complexity index is 60.3. The molecule has 0 bridgehead atoms. The van der Waals surface area contributed by atoms with Crippen LogP contribution in [0.1, 0.15) is 32.0 Å². The summed E-state index contributed by atoms with van der Waals surface area (Å²) < 4.78 is 0. The Morgan fingerprint density at radius 2 is 1.09 bits per heavy atom. The molecule has 66 valence electrons. The van der Waals surface area contributed by atoms with Gasteiger partial charge in [0.25, 0.3) is 0 Å². The second-order valence-corrected chi connectivity index (χ2v) is 2.48. The fourth-order valence-electron chi connectivity index (χ4n) is 0.667. The summed E-state index contributed by atoms with van der Waals surface area (Å²) in [6, 6.07) is 1.25. The van der Waals surface area contributed by atoms with E-state index in [9.17, 15) is 0 Å². The van der Waals surface area contributed by atoms with Gasteiger partial charge in [-0.25, -0.2) is 0 Å². The summed E-state index contributed by atoms with van der Waals surface area (Å²) in [7, 11) is 0. The van der Waals surface area contributed by atoms with Crippen molar-refractivity contribution >= 4 is 47.9 Å². The molecule has 0 aliphatic rings. The van der Waals surface area contributed by atoms with Crippen LogP contribution in [-0.4, -0.2) is 35.1 Å². The molecule has 0 aromatic rings. The number of hydrogen-bond donors (Lipinski definition) is 1. The van der Waals surface area contributed by atoms with Gasteiger partial charge in [0, 0.05) is 12.1 Å². The van der Waals surface area contributed by atoms with Crippen molar-refractivity contribution in [1.82, 2.24) is 5.32 Å². The summed E-state index contributed by atoms with van der Waals surface area (Å²) in [5.74, 6) is 0. The molecule has 0 unspecified atom stereocenters. The first-order valence-corrected chi connectivity index (χ1v) is 2.89. The van der Waals surface area contributed by atoms with E-state index >= 15 is 0 Å². The van der Waals surface area contributed by atoms with E-state index in [1.165, 1.54) is 0 Å². The van der Waals surface area contributed by atoms with E-state index in [0.29, 0.717) is 12.1 Å². The molecule has 0 aliphatic heterocycles. The zero-order valence-electron chi connectivity index (χ0n) is 11.2. The van der Waals surface area contributed by atoms with Crippen LogP contribution < -0.4 is 24.2 Å². The molecule has 0 heterocycles. The molecule has 1 N–H and O–H groups in total. The molecule has 0 aromatic carbocycles. The van der Waals surface area contributed by atoms with Crippen molar-refractivity contribution in [2.24, 2.45) is 0 Å². The van der Waals surface area contributed by atoms with Crippen molar-refractivity contribution in [3.05, 3.63) is 0 Å². The number of halogens is 2. The molecule has 0 aliphatic carbocycles. The second-order valence-electron chi connectivity index (χ2n) is 2.48. The summed E-state index contributed by atoms with van der Waals surface area (Å²) in [4.78, 5) is 0. The van der Waals surface area contributed by atoms with Crippen molar-refractivity contribution < 1.29 is 23.1 Å². The van der Waals surface area contributed by atoms with E-state index in [1.54, 1.807) is 0 Å². The molecule has 0 aromatic heterocycles. The maximum absolute atomic E-state index is 3.31. The molecular formula is C6H20Cl2LiMgN. The first kappa shape index (κ1) is 29.3. The summed E-state index contributed by atoms with van der Waals surface area (Å²) in [6.07, 6.45) is 0. The van der Waals surface area contributed by atoms with Crippen molar-refractivity contribution in [2.75, 3.05) is 0 Å². The Balaban J connectivity index is -0.00000000857. The van der Waals surface area contributed by atoms with Crippen molar-refractivity contribution in [3.63, 3.8) is 0 Å². The van der Waals surface area contributed by atoms with Crippen molar-refractivity contribution in [3.8, 4) is 0 Å². The molecule has 11 heavy (non-hydrogen) atoms. The molecular weight excluding hydrogens is 188 g/mol. The van der Waals surface area contributed by atoms with Crippen LogP contribution in [0.4, 0.5) is 0 Å². The van der Waals surface area contributed by atoms with E-state index in [2.05, 4.69) is 33.0 Å². The Hall–Kier alpha value is 1.90. The van der Waals surface area contributed by atoms with Gasteiger partial charge < -0.3 is 9.60 Å². The molecule has 0 saturated carbocycles. The first-order chi connectivity index (χ1) is 3.13. The summed E-state index contributed by atoms with van der Waals surface area (Å²) in [6.45, 7) is 8.61. The molecule has 0 saturated heterocycles. The molecule has 0 radical (unpaired) electrons. The largest absolute Gasteiger partial charge is 2.00 e. The van der Waals surface area contributed by atoms with E-state index in [-0.39, 0.29) is 71.0 Å². The van der Waals surface area contributed by atoms with Crippen LogP contribution in [0, 0.1) is 0 Å². The molecule has 0 fully saturated rings. The van der Waals surface area contributed by atoms with Gasteiger partial charge in [-0.15, -0.1) is 24.8 Å². The van der Waals surface area contributed by atoms with Gasteiger partial charge in [0.2, 0.25) is 0 Å². The summed E-state index contributed by atoms with van der Waals surface area (Å²) in [5, 5.41) is 3.31. The van der Waals surface area contributed by atoms with Crippen LogP contribution in [0.3, 0.4) is 0 Å². The Kier molecular flexibility index (Phi) is 47.5. The maximum atomic E-state index is 3.31. The number of rotatable bonds is 2. The minimum Gasteiger partial charge on any atom is -1.00 e. The molecule has 5 heteroatoms. The average Bonchev–Trinajstić information content (AvgIpc) is 1.27. The van der Waals surface area contributed by atoms with Gasteiger partial charge in [-0.3, -0.25) is 0 Å². The molecule has 0 amide bonds. The van der Waals surface area contributed by atoms with Gasteiger partial charge in [0.1, 0.15) is 0 Å². The SMILES string of the molecule is CC(C)NC(C)C.Cl.Cl.[H-].[H-].[H-].[Li+].[Mg+2]. The topological polar surface area (TPSA) is 12.0 Å². The third-order valence-corrected chi connectivity index (χ3v) is 0.667. The Morgan fingerprint density at radius 1 is 0.909 bits per heavy atom. The predicted molar refractivity (Wildman–Crippen MR) is 57.0 cm³/mol. The fraction of sp³-hybridized carbons (Fsp3) is 1.00. The van der Waals surface area contributed by atoms with E-state index in [1.807, 2.05) is 0 Å². The van der Waals surface area contributed by atoms with Crippen LogP contribution in [0.15, 0.2) is 0 Å². The van der Waals surface area contributed by atoms with Gasteiger partial charge in [0.05, 0.1) is 0 Å². The summed E-state index contributed by atoms with van der Waals surface area (Å²) >= 11 is 0. The zero-order chi connectivity index (χ0) is 5.86. The smallest absolute Gasteiger partial charge is 1.00 e. The monoisotopic (exact) mass is 207 g/mol. The normalized spacial score (nSPS) is 7.09. The molecule has 0 spiro atoms. The summed E-state index contributed by atoms with van der Waals surface area (Å²) in [5.41, 5.74) is 0. The quantitative estimate of drug-likeness (QED) is 0.586. The maximum Gasteiger partial charge on any atom is 2.00 e. The number of hydrogen-bond acceptors (Lipinski definition) is 1. The van der Waals surface area contributed by atoms with Gasteiger partial charge in [-0.05, 0) is 0 Å². The van der Waals surface area contributed by atoms with Crippen molar-refractivity contribution in [2.45, 2.75) is 39.8 Å². The standard InChI is InChI=1S/C6H15N.2ClH.Li.Mg.3H/c1-5(2)7-6(3)4;;;;;;;/h5-7H,1-4H3;2*1H;;;;;/q;;;+1;+2;3*-1. The first-order valence-electron chi connectivity index (χ1n) is 2.89. The average molecular weight is 208 g/mol. The third kappa shape index (κ3) is 33.5. The number of nitrogens with one attached hydrogen (secondary N) is 1. The van der Waals surface area contributed by atoms with Crippen LogP contribution in [0.25, 0.3) is 0 Å². The molecule has 0 atom stereocenters.